The number of benzene rings is 2. The zero-order valence-electron chi connectivity index (χ0n) is 11.0. The largest absolute Gasteiger partial charge is 0.586 e. The number of nitrogens with two attached hydrogens (primary N) is 1. The fraction of sp³-hybridized carbons (Fsp3) is 0.143. The minimum atomic E-state index is -3.62. The zero-order chi connectivity index (χ0) is 15.0. The average molecular weight is 294 g/mol. The number of fused-ring (bicyclic) bond motifs is 1. The first-order chi connectivity index (χ1) is 9.97. The van der Waals surface area contributed by atoms with Crippen molar-refractivity contribution in [2.24, 2.45) is 0 Å². The van der Waals surface area contributed by atoms with E-state index in [1.807, 2.05) is 0 Å². The lowest BCUT2D eigenvalue weighted by atomic mass is 10.2. The van der Waals surface area contributed by atoms with Gasteiger partial charge in [-0.25, -0.2) is 0 Å². The van der Waals surface area contributed by atoms with Gasteiger partial charge in [0.15, 0.2) is 11.5 Å². The van der Waals surface area contributed by atoms with E-state index in [0.29, 0.717) is 22.8 Å². The number of hydrogen-bond acceptors (Lipinski definition) is 5. The van der Waals surface area contributed by atoms with E-state index in [0.717, 1.165) is 0 Å². The number of nitrogens with one attached hydrogen (secondary N) is 1. The smallest absolute Gasteiger partial charge is 0.497 e. The fourth-order valence-electron chi connectivity index (χ4n) is 1.96. The second-order valence-electron chi connectivity index (χ2n) is 4.41. The second-order valence-corrected chi connectivity index (χ2v) is 4.41. The van der Waals surface area contributed by atoms with Gasteiger partial charge in [0, 0.05) is 17.8 Å². The van der Waals surface area contributed by atoms with E-state index >= 15 is 0 Å². The van der Waals surface area contributed by atoms with Crippen LogP contribution in [-0.2, 0) is 0 Å². The summed E-state index contributed by atoms with van der Waals surface area (Å²) >= 11 is 0. The summed E-state index contributed by atoms with van der Waals surface area (Å²) in [7, 11) is 1.54. The molecule has 3 rings (SSSR count). The van der Waals surface area contributed by atoms with Crippen LogP contribution in [0.1, 0.15) is 0 Å². The average Bonchev–Trinajstić information content (AvgIpc) is 2.74. The molecule has 110 valence electrons. The highest BCUT2D eigenvalue weighted by atomic mass is 19.3. The summed E-state index contributed by atoms with van der Waals surface area (Å²) in [4.78, 5) is 0. The van der Waals surface area contributed by atoms with Gasteiger partial charge < -0.3 is 25.3 Å². The Morgan fingerprint density at radius 3 is 2.57 bits per heavy atom. The third kappa shape index (κ3) is 2.62. The topological polar surface area (TPSA) is 65.7 Å². The van der Waals surface area contributed by atoms with Crippen LogP contribution in [0.3, 0.4) is 0 Å². The molecule has 0 aromatic heterocycles. The van der Waals surface area contributed by atoms with Gasteiger partial charge in [-0.1, -0.05) is 0 Å². The maximum Gasteiger partial charge on any atom is 0.586 e. The third-order valence-electron chi connectivity index (χ3n) is 2.94. The number of rotatable bonds is 3. The number of anilines is 3. The molecule has 1 aliphatic heterocycles. The van der Waals surface area contributed by atoms with Crippen molar-refractivity contribution in [1.29, 1.82) is 0 Å². The predicted molar refractivity (Wildman–Crippen MR) is 73.3 cm³/mol. The molecule has 21 heavy (non-hydrogen) atoms. The van der Waals surface area contributed by atoms with Gasteiger partial charge in [0.05, 0.1) is 18.5 Å². The molecule has 7 heteroatoms. The highest BCUT2D eigenvalue weighted by Crippen LogP contribution is 2.42. The summed E-state index contributed by atoms with van der Waals surface area (Å²) in [5.74, 6) is 0.591. The van der Waals surface area contributed by atoms with Crippen molar-refractivity contribution in [3.63, 3.8) is 0 Å². The number of alkyl halides is 2. The van der Waals surface area contributed by atoms with Crippen LogP contribution >= 0.6 is 0 Å². The lowest BCUT2D eigenvalue weighted by Gasteiger charge is -2.11. The van der Waals surface area contributed by atoms with Crippen molar-refractivity contribution < 1.29 is 23.0 Å². The van der Waals surface area contributed by atoms with Crippen LogP contribution < -0.4 is 25.3 Å². The Morgan fingerprint density at radius 1 is 1.10 bits per heavy atom. The summed E-state index contributed by atoms with van der Waals surface area (Å²) in [6.45, 7) is 0. The van der Waals surface area contributed by atoms with E-state index in [2.05, 4.69) is 14.8 Å². The molecular weight excluding hydrogens is 282 g/mol. The molecule has 1 heterocycles. The van der Waals surface area contributed by atoms with E-state index in [1.165, 1.54) is 12.1 Å². The van der Waals surface area contributed by atoms with E-state index in [-0.39, 0.29) is 11.5 Å². The molecule has 0 saturated heterocycles. The van der Waals surface area contributed by atoms with Gasteiger partial charge in [-0.3, -0.25) is 0 Å². The minimum Gasteiger partial charge on any atom is -0.497 e. The fourth-order valence-corrected chi connectivity index (χ4v) is 1.96. The van der Waals surface area contributed by atoms with Crippen LogP contribution in [0.25, 0.3) is 0 Å². The summed E-state index contributed by atoms with van der Waals surface area (Å²) < 4.78 is 39.7. The number of hydrogen-bond donors (Lipinski definition) is 2. The third-order valence-corrected chi connectivity index (χ3v) is 2.94. The first-order valence-corrected chi connectivity index (χ1v) is 6.07. The lowest BCUT2D eigenvalue weighted by Crippen LogP contribution is -2.25. The molecule has 0 spiro atoms. The van der Waals surface area contributed by atoms with Crippen molar-refractivity contribution in [2.45, 2.75) is 6.29 Å². The van der Waals surface area contributed by atoms with Crippen molar-refractivity contribution in [3.8, 4) is 17.2 Å². The Labute approximate surface area is 119 Å². The standard InChI is InChI=1S/C14H12F2N2O3/c1-19-9-3-4-11(10(17)7-9)18-8-2-5-12-13(6-8)21-14(15,16)20-12/h2-7,18H,17H2,1H3. The monoisotopic (exact) mass is 294 g/mol. The minimum absolute atomic E-state index is 0.00625. The Morgan fingerprint density at radius 2 is 1.86 bits per heavy atom. The van der Waals surface area contributed by atoms with Crippen LogP contribution in [0.4, 0.5) is 25.8 Å². The molecule has 5 nitrogen and oxygen atoms in total. The van der Waals surface area contributed by atoms with Gasteiger partial charge in [0.1, 0.15) is 5.75 Å². The first-order valence-electron chi connectivity index (χ1n) is 6.07. The number of ether oxygens (including phenoxy) is 3. The van der Waals surface area contributed by atoms with Crippen molar-refractivity contribution in [1.82, 2.24) is 0 Å². The van der Waals surface area contributed by atoms with E-state index in [1.54, 1.807) is 31.4 Å². The van der Waals surface area contributed by atoms with Crippen LogP contribution in [0, 0.1) is 0 Å². The quantitative estimate of drug-likeness (QED) is 0.850. The summed E-state index contributed by atoms with van der Waals surface area (Å²) in [6, 6.07) is 9.53. The Bertz CT molecular complexity index is 692. The van der Waals surface area contributed by atoms with E-state index < -0.39 is 6.29 Å². The molecule has 0 aliphatic carbocycles. The molecular formula is C14H12F2N2O3. The Kier molecular flexibility index (Phi) is 2.97. The summed E-state index contributed by atoms with van der Waals surface area (Å²) in [6.07, 6.45) is -3.62. The Balaban J connectivity index is 1.84. The van der Waals surface area contributed by atoms with Crippen LogP contribution in [0.2, 0.25) is 0 Å². The highest BCUT2D eigenvalue weighted by molar-refractivity contribution is 5.75. The molecule has 0 fully saturated rings. The maximum atomic E-state index is 12.9. The van der Waals surface area contributed by atoms with Gasteiger partial charge in [0.25, 0.3) is 0 Å². The van der Waals surface area contributed by atoms with Gasteiger partial charge >= 0.3 is 6.29 Å². The molecule has 3 N–H and O–H groups in total. The van der Waals surface area contributed by atoms with Gasteiger partial charge in [-0.2, -0.15) is 0 Å². The second kappa shape index (κ2) is 4.69. The lowest BCUT2D eigenvalue weighted by molar-refractivity contribution is -0.286. The van der Waals surface area contributed by atoms with E-state index in [9.17, 15) is 8.78 Å². The molecule has 0 amide bonds. The van der Waals surface area contributed by atoms with Crippen molar-refractivity contribution in [2.75, 3.05) is 18.2 Å². The van der Waals surface area contributed by atoms with Crippen molar-refractivity contribution >= 4 is 17.1 Å². The van der Waals surface area contributed by atoms with Gasteiger partial charge in [0.2, 0.25) is 0 Å². The van der Waals surface area contributed by atoms with Crippen LogP contribution in [0.5, 0.6) is 17.2 Å². The van der Waals surface area contributed by atoms with Crippen LogP contribution in [0.15, 0.2) is 36.4 Å². The van der Waals surface area contributed by atoms with Gasteiger partial charge in [-0.15, -0.1) is 8.78 Å². The molecule has 0 unspecified atom stereocenters. The molecule has 1 aliphatic rings. The van der Waals surface area contributed by atoms with E-state index in [4.69, 9.17) is 10.5 Å². The Hall–Kier alpha value is -2.70. The zero-order valence-corrected chi connectivity index (χ0v) is 11.0. The molecule has 2 aromatic rings. The summed E-state index contributed by atoms with van der Waals surface area (Å²) in [5.41, 5.74) is 7.53. The number of methoxy groups -OCH3 is 1. The SMILES string of the molecule is COc1ccc(Nc2ccc3c(c2)OC(F)(F)O3)c(N)c1. The van der Waals surface area contributed by atoms with Crippen LogP contribution in [-0.4, -0.2) is 13.4 Å². The van der Waals surface area contributed by atoms with Gasteiger partial charge in [-0.05, 0) is 24.3 Å². The molecule has 0 saturated carbocycles. The predicted octanol–water partition coefficient (Wildman–Crippen LogP) is 3.34. The molecule has 0 radical (unpaired) electrons. The summed E-state index contributed by atoms with van der Waals surface area (Å²) in [5, 5.41) is 3.02. The molecule has 0 bridgehead atoms. The molecule has 2 aromatic carbocycles. The molecule has 0 atom stereocenters. The first kappa shape index (κ1) is 13.3. The number of nitrogen functional groups attached to an aromatic ring is 1. The normalized spacial score (nSPS) is 14.8. The number of halogens is 2. The maximum absolute atomic E-state index is 12.9. The van der Waals surface area contributed by atoms with Crippen molar-refractivity contribution in [3.05, 3.63) is 36.4 Å². The highest BCUT2D eigenvalue weighted by Gasteiger charge is 2.43.